The number of nitrogens with one attached hydrogen (secondary N) is 2. The van der Waals surface area contributed by atoms with Crippen molar-refractivity contribution < 1.29 is 14.2 Å². The van der Waals surface area contributed by atoms with Gasteiger partial charge in [0.2, 0.25) is 11.6 Å². The number of methoxy groups -OCH3 is 2. The molecule has 0 aliphatic heterocycles. The summed E-state index contributed by atoms with van der Waals surface area (Å²) >= 11 is 0. The molecule has 0 aliphatic carbocycles. The van der Waals surface area contributed by atoms with Crippen LogP contribution in [-0.4, -0.2) is 38.3 Å². The van der Waals surface area contributed by atoms with E-state index in [-0.39, 0.29) is 0 Å². The summed E-state index contributed by atoms with van der Waals surface area (Å²) in [6, 6.07) is 9.19. The SMILES string of the molecule is CCNC(=NCc1ccc(Oc2c(OC)cccc2OC)nc1)NCC. The van der Waals surface area contributed by atoms with Gasteiger partial charge in [0, 0.05) is 25.4 Å². The second-order valence-electron chi connectivity index (χ2n) is 5.32. The van der Waals surface area contributed by atoms with Gasteiger partial charge in [0.05, 0.1) is 20.8 Å². The summed E-state index contributed by atoms with van der Waals surface area (Å²) in [5, 5.41) is 6.38. The van der Waals surface area contributed by atoms with Gasteiger partial charge < -0.3 is 24.8 Å². The fourth-order valence-electron chi connectivity index (χ4n) is 2.27. The van der Waals surface area contributed by atoms with Crippen LogP contribution < -0.4 is 24.8 Å². The Bertz CT molecular complexity index is 687. The molecule has 0 amide bonds. The minimum Gasteiger partial charge on any atom is -0.493 e. The number of aromatic nitrogens is 1. The Kier molecular flexibility index (Phi) is 7.54. The minimum atomic E-state index is 0.458. The van der Waals surface area contributed by atoms with E-state index in [4.69, 9.17) is 14.2 Å². The lowest BCUT2D eigenvalue weighted by molar-refractivity contribution is 0.342. The van der Waals surface area contributed by atoms with Gasteiger partial charge in [0.15, 0.2) is 17.5 Å². The van der Waals surface area contributed by atoms with E-state index in [2.05, 4.69) is 20.6 Å². The monoisotopic (exact) mass is 358 g/mol. The van der Waals surface area contributed by atoms with E-state index in [0.717, 1.165) is 24.6 Å². The van der Waals surface area contributed by atoms with Gasteiger partial charge in [0.1, 0.15) is 0 Å². The minimum absolute atomic E-state index is 0.458. The zero-order valence-corrected chi connectivity index (χ0v) is 15.7. The van der Waals surface area contributed by atoms with Crippen molar-refractivity contribution in [1.82, 2.24) is 15.6 Å². The summed E-state index contributed by atoms with van der Waals surface area (Å²) in [6.45, 7) is 6.23. The summed E-state index contributed by atoms with van der Waals surface area (Å²) in [5.41, 5.74) is 0.984. The highest BCUT2D eigenvalue weighted by Crippen LogP contribution is 2.39. The number of rotatable bonds is 8. The van der Waals surface area contributed by atoms with Gasteiger partial charge in [-0.15, -0.1) is 0 Å². The predicted octanol–water partition coefficient (Wildman–Crippen LogP) is 2.97. The van der Waals surface area contributed by atoms with Crippen LogP contribution in [0, 0.1) is 0 Å². The highest BCUT2D eigenvalue weighted by molar-refractivity contribution is 5.79. The van der Waals surface area contributed by atoms with Gasteiger partial charge in [-0.05, 0) is 31.5 Å². The van der Waals surface area contributed by atoms with Crippen LogP contribution in [0.15, 0.2) is 41.5 Å². The maximum absolute atomic E-state index is 5.86. The van der Waals surface area contributed by atoms with Gasteiger partial charge >= 0.3 is 0 Å². The summed E-state index contributed by atoms with van der Waals surface area (Å²) in [7, 11) is 3.17. The molecule has 7 heteroatoms. The molecule has 0 aliphatic rings. The number of ether oxygens (including phenoxy) is 3. The van der Waals surface area contributed by atoms with Crippen molar-refractivity contribution in [2.45, 2.75) is 20.4 Å². The molecular weight excluding hydrogens is 332 g/mol. The van der Waals surface area contributed by atoms with Crippen molar-refractivity contribution in [2.24, 2.45) is 4.99 Å². The molecule has 2 aromatic rings. The molecule has 0 saturated heterocycles. The van der Waals surface area contributed by atoms with Crippen molar-refractivity contribution in [3.63, 3.8) is 0 Å². The second kappa shape index (κ2) is 10.1. The van der Waals surface area contributed by atoms with Crippen LogP contribution in [0.1, 0.15) is 19.4 Å². The van der Waals surface area contributed by atoms with Gasteiger partial charge in [-0.25, -0.2) is 9.98 Å². The van der Waals surface area contributed by atoms with Crippen LogP contribution in [0.3, 0.4) is 0 Å². The Hall–Kier alpha value is -2.96. The maximum Gasteiger partial charge on any atom is 0.219 e. The Morgan fingerprint density at radius 3 is 2.15 bits per heavy atom. The first-order valence-corrected chi connectivity index (χ1v) is 8.57. The highest BCUT2D eigenvalue weighted by Gasteiger charge is 2.13. The molecule has 140 valence electrons. The first-order valence-electron chi connectivity index (χ1n) is 8.57. The molecule has 2 N–H and O–H groups in total. The van der Waals surface area contributed by atoms with Crippen LogP contribution in [0.2, 0.25) is 0 Å². The number of hydrogen-bond acceptors (Lipinski definition) is 5. The highest BCUT2D eigenvalue weighted by atomic mass is 16.5. The lowest BCUT2D eigenvalue weighted by Gasteiger charge is -2.13. The maximum atomic E-state index is 5.86. The summed E-state index contributed by atoms with van der Waals surface area (Å²) in [5.74, 6) is 2.91. The standard InChI is InChI=1S/C19H26N4O3/c1-5-20-19(21-6-2)23-13-14-10-11-17(22-12-14)26-18-15(24-3)8-7-9-16(18)25-4/h7-12H,5-6,13H2,1-4H3,(H2,20,21,23). The Morgan fingerprint density at radius 1 is 1.00 bits per heavy atom. The summed E-state index contributed by atoms with van der Waals surface area (Å²) in [6.07, 6.45) is 1.75. The molecule has 0 fully saturated rings. The van der Waals surface area contributed by atoms with Gasteiger partial charge in [-0.3, -0.25) is 0 Å². The van der Waals surface area contributed by atoms with E-state index in [0.29, 0.717) is 29.7 Å². The summed E-state index contributed by atoms with van der Waals surface area (Å²) in [4.78, 5) is 8.87. The molecule has 26 heavy (non-hydrogen) atoms. The third-order valence-electron chi connectivity index (χ3n) is 3.50. The van der Waals surface area contributed by atoms with Crippen LogP contribution in [0.4, 0.5) is 0 Å². The molecule has 7 nitrogen and oxygen atoms in total. The first-order chi connectivity index (χ1) is 12.7. The van der Waals surface area contributed by atoms with Crippen molar-refractivity contribution in [2.75, 3.05) is 27.3 Å². The molecule has 0 spiro atoms. The van der Waals surface area contributed by atoms with E-state index < -0.39 is 0 Å². The Morgan fingerprint density at radius 2 is 1.65 bits per heavy atom. The third-order valence-corrected chi connectivity index (χ3v) is 3.50. The number of aliphatic imine (C=N–C) groups is 1. The van der Waals surface area contributed by atoms with Crippen LogP contribution in [0.25, 0.3) is 0 Å². The number of benzene rings is 1. The molecule has 0 unspecified atom stereocenters. The smallest absolute Gasteiger partial charge is 0.219 e. The quantitative estimate of drug-likeness (QED) is 0.558. The summed E-state index contributed by atoms with van der Waals surface area (Å²) < 4.78 is 16.5. The fraction of sp³-hybridized carbons (Fsp3) is 0.368. The van der Waals surface area contributed by atoms with Crippen molar-refractivity contribution in [3.05, 3.63) is 42.1 Å². The number of hydrogen-bond donors (Lipinski definition) is 2. The lowest BCUT2D eigenvalue weighted by Crippen LogP contribution is -2.36. The average molecular weight is 358 g/mol. The fourth-order valence-corrected chi connectivity index (χ4v) is 2.27. The molecule has 0 radical (unpaired) electrons. The first kappa shape index (κ1) is 19.4. The molecule has 0 saturated carbocycles. The topological polar surface area (TPSA) is 77.0 Å². The predicted molar refractivity (Wildman–Crippen MR) is 102 cm³/mol. The van der Waals surface area contributed by atoms with Crippen molar-refractivity contribution in [1.29, 1.82) is 0 Å². The van der Waals surface area contributed by atoms with E-state index in [1.807, 2.05) is 38.1 Å². The van der Waals surface area contributed by atoms with Gasteiger partial charge in [-0.1, -0.05) is 12.1 Å². The number of nitrogens with zero attached hydrogens (tertiary/aromatic N) is 2. The number of guanidine groups is 1. The molecule has 1 aromatic heterocycles. The van der Waals surface area contributed by atoms with Crippen LogP contribution in [-0.2, 0) is 6.54 Å². The van der Waals surface area contributed by atoms with Crippen molar-refractivity contribution >= 4 is 5.96 Å². The Labute approximate surface area is 154 Å². The lowest BCUT2D eigenvalue weighted by atomic mass is 10.3. The van der Waals surface area contributed by atoms with E-state index in [1.165, 1.54) is 0 Å². The molecule has 2 rings (SSSR count). The number of para-hydroxylation sites is 1. The van der Waals surface area contributed by atoms with E-state index in [1.54, 1.807) is 26.5 Å². The number of pyridine rings is 1. The molecular formula is C19H26N4O3. The van der Waals surface area contributed by atoms with Crippen LogP contribution in [0.5, 0.6) is 23.1 Å². The van der Waals surface area contributed by atoms with E-state index in [9.17, 15) is 0 Å². The molecule has 1 heterocycles. The van der Waals surface area contributed by atoms with Crippen LogP contribution >= 0.6 is 0 Å². The Balaban J connectivity index is 2.10. The zero-order chi connectivity index (χ0) is 18.8. The van der Waals surface area contributed by atoms with Gasteiger partial charge in [0.25, 0.3) is 0 Å². The average Bonchev–Trinajstić information content (AvgIpc) is 2.67. The third kappa shape index (κ3) is 5.27. The largest absolute Gasteiger partial charge is 0.493 e. The molecule has 0 bridgehead atoms. The van der Waals surface area contributed by atoms with E-state index >= 15 is 0 Å². The van der Waals surface area contributed by atoms with Gasteiger partial charge in [-0.2, -0.15) is 0 Å². The zero-order valence-electron chi connectivity index (χ0n) is 15.7. The van der Waals surface area contributed by atoms with Crippen molar-refractivity contribution in [3.8, 4) is 23.1 Å². The molecule has 0 atom stereocenters. The normalized spacial score (nSPS) is 10.0. The molecule has 1 aromatic carbocycles. The second-order valence-corrected chi connectivity index (χ2v) is 5.32.